The number of hydrogen-bond donors (Lipinski definition) is 10. The summed E-state index contributed by atoms with van der Waals surface area (Å²) in [5.41, 5.74) is 1.77. The lowest BCUT2D eigenvalue weighted by molar-refractivity contribution is -0.144. The Morgan fingerprint density at radius 3 is 1.28 bits per heavy atom. The molecule has 2 saturated heterocycles. The van der Waals surface area contributed by atoms with E-state index in [1.807, 2.05) is 53.7 Å². The number of likely N-dealkylation sites (tertiary alicyclic amines) is 2. The van der Waals surface area contributed by atoms with Gasteiger partial charge in [-0.1, -0.05) is 71.9 Å². The van der Waals surface area contributed by atoms with Crippen molar-refractivity contribution in [2.75, 3.05) is 27.2 Å². The van der Waals surface area contributed by atoms with Gasteiger partial charge in [-0.05, 0) is 143 Å². The first-order valence-corrected chi connectivity index (χ1v) is 27.3. The number of phenols is 2. The van der Waals surface area contributed by atoms with E-state index >= 15 is 0 Å². The highest BCUT2D eigenvalue weighted by molar-refractivity contribution is 6.01. The maximum atomic E-state index is 14.7. The molecule has 2 aliphatic carbocycles. The number of carbonyl (C=O) groups excluding carboxylic acids is 8. The minimum Gasteiger partial charge on any atom is -0.508 e. The average Bonchev–Trinajstić information content (AvgIpc) is 4.10. The molecule has 2 fully saturated rings. The lowest BCUT2D eigenvalue weighted by atomic mass is 9.85. The molecule has 10 N–H and O–H groups in total. The van der Waals surface area contributed by atoms with Gasteiger partial charge in [-0.25, -0.2) is 0 Å². The summed E-state index contributed by atoms with van der Waals surface area (Å²) in [5.74, 6) is -3.53. The summed E-state index contributed by atoms with van der Waals surface area (Å²) in [6, 6.07) is 8.72. The Morgan fingerprint density at radius 2 is 0.923 bits per heavy atom. The minimum atomic E-state index is -1.05. The molecule has 7 rings (SSSR count). The number of nitrogens with zero attached hydrogens (tertiary/aromatic N) is 2. The van der Waals surface area contributed by atoms with Crippen molar-refractivity contribution in [2.45, 2.75) is 167 Å². The summed E-state index contributed by atoms with van der Waals surface area (Å²) in [5, 5.41) is 45.0. The molecule has 0 saturated carbocycles. The fraction of sp³-hybridized carbons (Fsp3) is 0.552. The molecule has 0 bridgehead atoms. The number of benzene rings is 3. The Balaban J connectivity index is 1.09. The van der Waals surface area contributed by atoms with E-state index in [9.17, 15) is 48.6 Å². The van der Waals surface area contributed by atoms with Gasteiger partial charge in [0.1, 0.15) is 35.7 Å². The van der Waals surface area contributed by atoms with Gasteiger partial charge in [0.25, 0.3) is 11.8 Å². The molecule has 3 aromatic rings. The van der Waals surface area contributed by atoms with E-state index in [1.165, 1.54) is 28.0 Å². The van der Waals surface area contributed by atoms with Gasteiger partial charge in [-0.2, -0.15) is 0 Å². The van der Waals surface area contributed by atoms with Crippen molar-refractivity contribution in [3.8, 4) is 11.5 Å². The molecule has 0 unspecified atom stereocenters. The third kappa shape index (κ3) is 13.3. The van der Waals surface area contributed by atoms with Crippen LogP contribution in [0.25, 0.3) is 0 Å². The Morgan fingerprint density at radius 1 is 0.551 bits per heavy atom. The highest BCUT2D eigenvalue weighted by Crippen LogP contribution is 2.37. The molecule has 4 aliphatic rings. The molecule has 0 radical (unpaired) electrons. The van der Waals surface area contributed by atoms with Gasteiger partial charge >= 0.3 is 0 Å². The fourth-order valence-electron chi connectivity index (χ4n) is 11.1. The second-order valence-corrected chi connectivity index (χ2v) is 23.6. The first-order chi connectivity index (χ1) is 36.8. The van der Waals surface area contributed by atoms with Crippen LogP contribution in [-0.2, 0) is 41.6 Å². The van der Waals surface area contributed by atoms with Crippen LogP contribution in [0, 0.1) is 10.8 Å². The molecule has 10 atom stereocenters. The summed E-state index contributed by atoms with van der Waals surface area (Å²) in [7, 11) is 3.27. The van der Waals surface area contributed by atoms with E-state index in [2.05, 4.69) is 42.5 Å². The third-order valence-corrected chi connectivity index (χ3v) is 15.9. The molecule has 3 aromatic carbocycles. The van der Waals surface area contributed by atoms with Crippen LogP contribution in [0.3, 0.4) is 0 Å². The maximum Gasteiger partial charge on any atom is 0.251 e. The lowest BCUT2D eigenvalue weighted by Crippen LogP contribution is -2.59. The Kier molecular flexibility index (Phi) is 18.3. The molecular formula is C58H80N10O10. The van der Waals surface area contributed by atoms with E-state index in [0.717, 1.165) is 35.1 Å². The largest absolute Gasteiger partial charge is 0.508 e. The molecule has 0 spiro atoms. The summed E-state index contributed by atoms with van der Waals surface area (Å²) in [4.78, 5) is 116. The number of carbonyl (C=O) groups is 8. The standard InChI is InChI=1S/C58H80N10O10/c1-31(59-9)49(71)65-47(57(3,4)5)55(77)67-29-35(27-43(67)53(75)63-41-22-12-20-39-37(41)18-14-24-45(39)69)61-51(73)33-16-11-17-34(26-33)52(74)62-36-28-44(54(76)64-42-23-13-21-40-38(42)19-15-25-46(40)70)68(30-36)56(78)48(58(6,7)8)66-50(72)32(2)60-10/h11,14-19,24-26,31-32,35-36,41-44,47-48,59-60,69-70H,12-13,20-23,27-30H2,1-10H3,(H,61,73)(H,62,74)(H,63,75)(H,64,76)(H,65,71)(H,66,72)/t31-,32-,35-,36-,41+,42+,43-,44-,47+,48+/m0/s1. The van der Waals surface area contributed by atoms with Crippen molar-refractivity contribution >= 4 is 47.3 Å². The molecule has 2 heterocycles. The van der Waals surface area contributed by atoms with E-state index < -0.39 is 119 Å². The van der Waals surface area contributed by atoms with Crippen LogP contribution in [0.5, 0.6) is 11.5 Å². The van der Waals surface area contributed by atoms with E-state index in [0.29, 0.717) is 25.7 Å². The third-order valence-electron chi connectivity index (χ3n) is 15.9. The topological polar surface area (TPSA) is 280 Å². The average molecular weight is 1080 g/mol. The quantitative estimate of drug-likeness (QED) is 0.0991. The van der Waals surface area contributed by atoms with Crippen LogP contribution in [0.15, 0.2) is 60.7 Å². The van der Waals surface area contributed by atoms with Crippen molar-refractivity contribution in [2.24, 2.45) is 10.8 Å². The van der Waals surface area contributed by atoms with Gasteiger partial charge in [0.05, 0.1) is 24.2 Å². The number of rotatable bonds is 16. The minimum absolute atomic E-state index is 0.0382. The number of hydrogen-bond acceptors (Lipinski definition) is 12. The zero-order valence-electron chi connectivity index (χ0n) is 46.7. The first-order valence-electron chi connectivity index (χ1n) is 27.3. The molecule has 0 aromatic heterocycles. The Hall–Kier alpha value is -7.06. The van der Waals surface area contributed by atoms with Crippen LogP contribution in [0.1, 0.15) is 149 Å². The fourth-order valence-corrected chi connectivity index (χ4v) is 11.1. The zero-order chi connectivity index (χ0) is 57.0. The van der Waals surface area contributed by atoms with Crippen LogP contribution in [-0.4, -0.2) is 143 Å². The van der Waals surface area contributed by atoms with Crippen LogP contribution >= 0.6 is 0 Å². The second-order valence-electron chi connectivity index (χ2n) is 23.6. The van der Waals surface area contributed by atoms with Crippen molar-refractivity contribution in [3.05, 3.63) is 94.0 Å². The molecule has 78 heavy (non-hydrogen) atoms. The second kappa shape index (κ2) is 24.3. The molecule has 20 nitrogen and oxygen atoms in total. The Bertz CT molecular complexity index is 2590. The number of likely N-dealkylation sites (N-methyl/N-ethyl adjacent to an activating group) is 2. The molecule has 20 heteroatoms. The summed E-state index contributed by atoms with van der Waals surface area (Å²) in [6.07, 6.45) is 4.04. The monoisotopic (exact) mass is 1080 g/mol. The van der Waals surface area contributed by atoms with E-state index in [4.69, 9.17) is 0 Å². The summed E-state index contributed by atoms with van der Waals surface area (Å²) < 4.78 is 0. The number of phenolic OH excluding ortho intramolecular Hbond substituents is 2. The Labute approximate surface area is 457 Å². The van der Waals surface area contributed by atoms with Crippen molar-refractivity contribution in [3.63, 3.8) is 0 Å². The highest BCUT2D eigenvalue weighted by atomic mass is 16.3. The van der Waals surface area contributed by atoms with Crippen LogP contribution < -0.4 is 42.5 Å². The first kappa shape index (κ1) is 58.6. The number of nitrogens with one attached hydrogen (secondary N) is 8. The number of amides is 8. The maximum absolute atomic E-state index is 14.7. The van der Waals surface area contributed by atoms with Crippen LogP contribution in [0.4, 0.5) is 0 Å². The van der Waals surface area contributed by atoms with Gasteiger partial charge in [-0.3, -0.25) is 38.4 Å². The van der Waals surface area contributed by atoms with Crippen molar-refractivity contribution in [1.82, 2.24) is 52.3 Å². The predicted molar refractivity (Wildman–Crippen MR) is 293 cm³/mol. The van der Waals surface area contributed by atoms with Crippen LogP contribution in [0.2, 0.25) is 0 Å². The van der Waals surface area contributed by atoms with Gasteiger partial charge < -0.3 is 62.5 Å². The van der Waals surface area contributed by atoms with Gasteiger partial charge in [0, 0.05) is 36.3 Å². The predicted octanol–water partition coefficient (Wildman–Crippen LogP) is 3.16. The molecule has 2 aliphatic heterocycles. The zero-order valence-corrected chi connectivity index (χ0v) is 46.7. The summed E-state index contributed by atoms with van der Waals surface area (Å²) >= 11 is 0. The SMILES string of the molecule is CN[C@@H](C)C(=O)N[C@H](C(=O)N1C[C@@H](NC(=O)c2cccc(C(=O)N[C@H]3C[C@@H](C(=O)N[C@@H]4CCCc5c(O)cccc54)N(C(=O)[C@@H](NC(=O)[C@H](C)NC)C(C)(C)C)C3)c2)C[C@H]1C(=O)N[C@@H]1CCCc2c(O)cccc21)C(C)(C)C. The smallest absolute Gasteiger partial charge is 0.251 e. The number of fused-ring (bicyclic) bond motifs is 2. The highest BCUT2D eigenvalue weighted by Gasteiger charge is 2.48. The van der Waals surface area contributed by atoms with Crippen molar-refractivity contribution in [1.29, 1.82) is 0 Å². The van der Waals surface area contributed by atoms with Gasteiger partial charge in [0.2, 0.25) is 35.4 Å². The van der Waals surface area contributed by atoms with Crippen molar-refractivity contribution < 1.29 is 48.6 Å². The van der Waals surface area contributed by atoms with Gasteiger partial charge in [-0.15, -0.1) is 0 Å². The molecule has 8 amide bonds. The van der Waals surface area contributed by atoms with E-state index in [-0.39, 0.29) is 48.6 Å². The van der Waals surface area contributed by atoms with Gasteiger partial charge in [0.15, 0.2) is 0 Å². The number of aromatic hydroxyl groups is 2. The molecular weight excluding hydrogens is 997 g/mol. The van der Waals surface area contributed by atoms with E-state index in [1.54, 1.807) is 58.3 Å². The summed E-state index contributed by atoms with van der Waals surface area (Å²) in [6.45, 7) is 14.1. The normalized spacial score (nSPS) is 22.6. The molecule has 422 valence electrons. The lowest BCUT2D eigenvalue weighted by Gasteiger charge is -2.36.